The molecule has 2 aliphatic heterocycles. The highest BCUT2D eigenvalue weighted by molar-refractivity contribution is 5.48. The predicted octanol–water partition coefficient (Wildman–Crippen LogP) is 2.94. The van der Waals surface area contributed by atoms with Crippen LogP contribution in [0.2, 0.25) is 0 Å². The lowest BCUT2D eigenvalue weighted by atomic mass is 10.0. The Kier molecular flexibility index (Phi) is 2.66. The van der Waals surface area contributed by atoms with Crippen LogP contribution in [0, 0.1) is 6.42 Å². The van der Waals surface area contributed by atoms with Crippen LogP contribution in [-0.2, 0) is 6.42 Å². The van der Waals surface area contributed by atoms with E-state index in [-0.39, 0.29) is 0 Å². The van der Waals surface area contributed by atoms with Gasteiger partial charge in [-0.2, -0.15) is 0 Å². The van der Waals surface area contributed by atoms with Gasteiger partial charge < -0.3 is 18.9 Å². The molecule has 0 amide bonds. The van der Waals surface area contributed by atoms with E-state index in [1.165, 1.54) is 5.56 Å². The molecular weight excluding hydrogens is 256 g/mol. The second kappa shape index (κ2) is 4.63. The molecule has 2 aromatic carbocycles. The fourth-order valence-electron chi connectivity index (χ4n) is 2.34. The molecule has 0 fully saturated rings. The third-order valence-corrected chi connectivity index (χ3v) is 3.41. The molecule has 4 nitrogen and oxygen atoms in total. The van der Waals surface area contributed by atoms with Gasteiger partial charge in [-0.1, -0.05) is 12.1 Å². The molecule has 1 radical (unpaired) electrons. The quantitative estimate of drug-likeness (QED) is 0.858. The first kappa shape index (κ1) is 11.5. The first-order valence-corrected chi connectivity index (χ1v) is 6.50. The van der Waals surface area contributed by atoms with Gasteiger partial charge in [0.25, 0.3) is 0 Å². The number of hydrogen-bond donors (Lipinski definition) is 0. The van der Waals surface area contributed by atoms with Crippen LogP contribution in [0.5, 0.6) is 23.0 Å². The Morgan fingerprint density at radius 2 is 1.40 bits per heavy atom. The molecule has 0 saturated carbocycles. The van der Waals surface area contributed by atoms with E-state index in [1.807, 2.05) is 30.3 Å². The summed E-state index contributed by atoms with van der Waals surface area (Å²) >= 11 is 0. The number of ether oxygens (including phenoxy) is 4. The van der Waals surface area contributed by atoms with E-state index in [1.54, 1.807) is 0 Å². The van der Waals surface area contributed by atoms with E-state index in [0.717, 1.165) is 35.0 Å². The van der Waals surface area contributed by atoms with Crippen LogP contribution >= 0.6 is 0 Å². The molecule has 0 aliphatic carbocycles. The molecule has 2 aromatic rings. The number of fused-ring (bicyclic) bond motifs is 2. The highest BCUT2D eigenvalue weighted by Crippen LogP contribution is 2.34. The summed E-state index contributed by atoms with van der Waals surface area (Å²) in [6.45, 7) is 0.617. The van der Waals surface area contributed by atoms with Crippen LogP contribution < -0.4 is 18.9 Å². The molecule has 0 bridgehead atoms. The molecule has 101 valence electrons. The smallest absolute Gasteiger partial charge is 0.231 e. The normalized spacial score (nSPS) is 14.6. The Morgan fingerprint density at radius 3 is 2.20 bits per heavy atom. The van der Waals surface area contributed by atoms with Crippen molar-refractivity contribution in [1.82, 2.24) is 0 Å². The van der Waals surface area contributed by atoms with E-state index in [9.17, 15) is 0 Å². The number of rotatable bonds is 3. The summed E-state index contributed by atoms with van der Waals surface area (Å²) in [7, 11) is 0. The highest BCUT2D eigenvalue weighted by atomic mass is 16.7. The molecule has 0 spiro atoms. The maximum Gasteiger partial charge on any atom is 0.231 e. The topological polar surface area (TPSA) is 36.9 Å². The molecule has 0 N–H and O–H groups in total. The van der Waals surface area contributed by atoms with Crippen LogP contribution in [0.1, 0.15) is 11.1 Å². The summed E-state index contributed by atoms with van der Waals surface area (Å²) in [6, 6.07) is 12.0. The fraction of sp³-hybridized carbons (Fsp3) is 0.188. The van der Waals surface area contributed by atoms with Gasteiger partial charge in [-0.15, -0.1) is 0 Å². The Morgan fingerprint density at radius 1 is 0.750 bits per heavy atom. The van der Waals surface area contributed by atoms with Gasteiger partial charge in [-0.3, -0.25) is 0 Å². The SMILES string of the molecule is [CH](Cc1ccc2c(c1)OCO2)c1ccc2c(c1)OCO2. The third kappa shape index (κ3) is 2.03. The zero-order valence-electron chi connectivity index (χ0n) is 10.8. The fourth-order valence-corrected chi connectivity index (χ4v) is 2.34. The summed E-state index contributed by atoms with van der Waals surface area (Å²) in [6.07, 6.45) is 2.98. The summed E-state index contributed by atoms with van der Waals surface area (Å²) in [5.41, 5.74) is 2.30. The standard InChI is InChI=1S/C16H13O4/c1(11-3-5-13-15(7-11)19-9-17-13)2-12-4-6-14-16(8-12)20-10-18-14/h1,3-8H,2,9-10H2. The lowest BCUT2D eigenvalue weighted by Gasteiger charge is -2.04. The third-order valence-electron chi connectivity index (χ3n) is 3.41. The van der Waals surface area contributed by atoms with Gasteiger partial charge in [-0.05, 0) is 48.2 Å². The first-order chi connectivity index (χ1) is 9.88. The Hall–Kier alpha value is -2.36. The van der Waals surface area contributed by atoms with Crippen LogP contribution in [0.15, 0.2) is 36.4 Å². The van der Waals surface area contributed by atoms with Crippen molar-refractivity contribution in [1.29, 1.82) is 0 Å². The van der Waals surface area contributed by atoms with Gasteiger partial charge in [0.05, 0.1) is 0 Å². The van der Waals surface area contributed by atoms with Crippen molar-refractivity contribution < 1.29 is 18.9 Å². The lowest BCUT2D eigenvalue weighted by molar-refractivity contribution is 0.173. The van der Waals surface area contributed by atoms with Crippen LogP contribution in [0.25, 0.3) is 0 Å². The Bertz CT molecular complexity index is 593. The van der Waals surface area contributed by atoms with Gasteiger partial charge in [0.1, 0.15) is 0 Å². The van der Waals surface area contributed by atoms with Crippen LogP contribution in [0.3, 0.4) is 0 Å². The summed E-state index contributed by atoms with van der Waals surface area (Å²) < 4.78 is 21.4. The van der Waals surface area contributed by atoms with E-state index in [0.29, 0.717) is 13.6 Å². The minimum absolute atomic E-state index is 0.306. The average Bonchev–Trinajstić information content (AvgIpc) is 3.12. The second-order valence-corrected chi connectivity index (χ2v) is 4.71. The maximum atomic E-state index is 5.38. The Labute approximate surface area is 116 Å². The molecule has 0 unspecified atom stereocenters. The number of benzene rings is 2. The molecule has 0 aromatic heterocycles. The summed E-state index contributed by atoms with van der Waals surface area (Å²) in [4.78, 5) is 0. The first-order valence-electron chi connectivity index (χ1n) is 6.50. The lowest BCUT2D eigenvalue weighted by Crippen LogP contribution is -1.93. The molecule has 2 heterocycles. The van der Waals surface area contributed by atoms with Crippen LogP contribution in [0.4, 0.5) is 0 Å². The Balaban J connectivity index is 1.47. The van der Waals surface area contributed by atoms with Gasteiger partial charge >= 0.3 is 0 Å². The molecular formula is C16H13O4. The van der Waals surface area contributed by atoms with Crippen molar-refractivity contribution in [3.63, 3.8) is 0 Å². The van der Waals surface area contributed by atoms with Gasteiger partial charge in [0.15, 0.2) is 23.0 Å². The van der Waals surface area contributed by atoms with Crippen molar-refractivity contribution >= 4 is 0 Å². The molecule has 20 heavy (non-hydrogen) atoms. The van der Waals surface area contributed by atoms with Crippen LogP contribution in [-0.4, -0.2) is 13.6 Å². The minimum Gasteiger partial charge on any atom is -0.454 e. The zero-order chi connectivity index (χ0) is 13.4. The minimum atomic E-state index is 0.306. The highest BCUT2D eigenvalue weighted by Gasteiger charge is 2.15. The van der Waals surface area contributed by atoms with Crippen molar-refractivity contribution in [2.45, 2.75) is 6.42 Å². The van der Waals surface area contributed by atoms with Gasteiger partial charge in [0, 0.05) is 0 Å². The molecule has 0 saturated heterocycles. The molecule has 4 heteroatoms. The van der Waals surface area contributed by atoms with E-state index in [2.05, 4.69) is 12.5 Å². The van der Waals surface area contributed by atoms with Crippen molar-refractivity contribution in [3.8, 4) is 23.0 Å². The van der Waals surface area contributed by atoms with E-state index < -0.39 is 0 Å². The average molecular weight is 269 g/mol. The number of hydrogen-bond acceptors (Lipinski definition) is 4. The van der Waals surface area contributed by atoms with Gasteiger partial charge in [0.2, 0.25) is 13.6 Å². The van der Waals surface area contributed by atoms with E-state index in [4.69, 9.17) is 18.9 Å². The molecule has 4 rings (SSSR count). The largest absolute Gasteiger partial charge is 0.454 e. The predicted molar refractivity (Wildman–Crippen MR) is 72.2 cm³/mol. The van der Waals surface area contributed by atoms with E-state index >= 15 is 0 Å². The summed E-state index contributed by atoms with van der Waals surface area (Å²) in [5, 5.41) is 0. The molecule has 2 aliphatic rings. The molecule has 0 atom stereocenters. The second-order valence-electron chi connectivity index (χ2n) is 4.71. The van der Waals surface area contributed by atoms with Crippen molar-refractivity contribution in [2.24, 2.45) is 0 Å². The maximum absolute atomic E-state index is 5.38. The monoisotopic (exact) mass is 269 g/mol. The van der Waals surface area contributed by atoms with Crippen molar-refractivity contribution in [3.05, 3.63) is 53.9 Å². The van der Waals surface area contributed by atoms with Gasteiger partial charge in [-0.25, -0.2) is 0 Å². The summed E-state index contributed by atoms with van der Waals surface area (Å²) in [5.74, 6) is 3.26. The van der Waals surface area contributed by atoms with Crippen molar-refractivity contribution in [2.75, 3.05) is 13.6 Å². The zero-order valence-corrected chi connectivity index (χ0v) is 10.8.